The van der Waals surface area contributed by atoms with Crippen LogP contribution in [0.4, 0.5) is 5.69 Å². The smallest absolute Gasteiger partial charge is 0.239 e. The van der Waals surface area contributed by atoms with Crippen molar-refractivity contribution in [3.8, 4) is 5.75 Å². The summed E-state index contributed by atoms with van der Waals surface area (Å²) in [5.41, 5.74) is 4.46. The van der Waals surface area contributed by atoms with E-state index in [-0.39, 0.29) is 36.0 Å². The molecule has 1 saturated heterocycles. The molecule has 1 aliphatic rings. The predicted molar refractivity (Wildman–Crippen MR) is 146 cm³/mol. The zero-order valence-corrected chi connectivity index (χ0v) is 22.3. The second-order valence-electron chi connectivity index (χ2n) is 8.26. The summed E-state index contributed by atoms with van der Waals surface area (Å²) in [6, 6.07) is 14.5. The molecule has 180 valence electrons. The van der Waals surface area contributed by atoms with Gasteiger partial charge in [-0.2, -0.15) is 0 Å². The van der Waals surface area contributed by atoms with Gasteiger partial charge in [0.05, 0.1) is 19.2 Å². The fourth-order valence-electron chi connectivity index (χ4n) is 3.53. The number of hydrogen-bond donors (Lipinski definition) is 3. The van der Waals surface area contributed by atoms with Crippen molar-refractivity contribution in [3.05, 3.63) is 59.2 Å². The van der Waals surface area contributed by atoms with Crippen LogP contribution in [0.1, 0.15) is 37.5 Å². The third kappa shape index (κ3) is 8.42. The molecule has 0 saturated carbocycles. The van der Waals surface area contributed by atoms with Crippen LogP contribution >= 0.6 is 24.0 Å². The van der Waals surface area contributed by atoms with Crippen LogP contribution in [0.5, 0.6) is 5.75 Å². The van der Waals surface area contributed by atoms with Crippen molar-refractivity contribution in [2.75, 3.05) is 31.1 Å². The zero-order chi connectivity index (χ0) is 22.9. The van der Waals surface area contributed by atoms with E-state index in [0.29, 0.717) is 26.2 Å². The number of amides is 1. The highest BCUT2D eigenvalue weighted by Crippen LogP contribution is 2.21. The fourth-order valence-corrected chi connectivity index (χ4v) is 3.53. The maximum absolute atomic E-state index is 11.6. The molecule has 0 radical (unpaired) electrons. The third-order valence-electron chi connectivity index (χ3n) is 5.14. The molecule has 33 heavy (non-hydrogen) atoms. The van der Waals surface area contributed by atoms with E-state index in [1.807, 2.05) is 13.8 Å². The normalized spacial score (nSPS) is 13.9. The number of rotatable bonds is 8. The number of carbonyl (C=O) groups is 1. The van der Waals surface area contributed by atoms with Crippen molar-refractivity contribution >= 4 is 41.5 Å². The summed E-state index contributed by atoms with van der Waals surface area (Å²) in [6.07, 6.45) is 0.125. The van der Waals surface area contributed by atoms with Gasteiger partial charge < -0.3 is 25.6 Å². The summed E-state index contributed by atoms with van der Waals surface area (Å²) in [6.45, 7) is 12.1. The topological polar surface area (TPSA) is 78.0 Å². The monoisotopic (exact) mass is 565 g/mol. The highest BCUT2D eigenvalue weighted by Gasteiger charge is 2.16. The molecule has 1 fully saturated rings. The van der Waals surface area contributed by atoms with Crippen LogP contribution in [0.15, 0.2) is 47.5 Å². The second-order valence-corrected chi connectivity index (χ2v) is 8.26. The Kier molecular flexibility index (Phi) is 10.8. The van der Waals surface area contributed by atoms with E-state index in [1.165, 1.54) is 5.56 Å². The first kappa shape index (κ1) is 26.8. The van der Waals surface area contributed by atoms with E-state index < -0.39 is 0 Å². The van der Waals surface area contributed by atoms with E-state index in [4.69, 9.17) is 9.73 Å². The molecule has 0 spiro atoms. The minimum Gasteiger partial charge on any atom is -0.491 e. The molecule has 3 rings (SSSR count). The van der Waals surface area contributed by atoms with E-state index >= 15 is 0 Å². The number of hydrogen-bond acceptors (Lipinski definition) is 4. The van der Waals surface area contributed by atoms with Crippen LogP contribution in [0.3, 0.4) is 0 Å². The van der Waals surface area contributed by atoms with Crippen LogP contribution in [0, 0.1) is 6.92 Å². The van der Waals surface area contributed by atoms with E-state index in [0.717, 1.165) is 41.6 Å². The molecule has 0 bridgehead atoms. The molecule has 0 unspecified atom stereocenters. The molecule has 0 aromatic heterocycles. The number of carbonyl (C=O) groups excluding carboxylic acids is 1. The fraction of sp³-hybridized carbons (Fsp3) is 0.440. The average molecular weight is 566 g/mol. The lowest BCUT2D eigenvalue weighted by molar-refractivity contribution is -0.120. The summed E-state index contributed by atoms with van der Waals surface area (Å²) in [4.78, 5) is 18.4. The van der Waals surface area contributed by atoms with Crippen LogP contribution in [-0.2, 0) is 17.9 Å². The lowest BCUT2D eigenvalue weighted by atomic mass is 10.1. The standard InChI is InChI=1S/C25H35N5O2.HI/c1-5-26-25(29-16-21-9-6-19(4)14-23(21)32-18(2)3)28-15-20-7-10-22(11-8-20)30-13-12-27-24(31)17-30;/h6-11,14,18H,5,12-13,15-17H2,1-4H3,(H,27,31)(H2,26,28,29);1H. The number of aliphatic imine (C=N–C) groups is 1. The van der Waals surface area contributed by atoms with E-state index in [1.54, 1.807) is 0 Å². The molecule has 1 heterocycles. The molecule has 1 aliphatic heterocycles. The van der Waals surface area contributed by atoms with Gasteiger partial charge in [0, 0.05) is 37.4 Å². The minimum absolute atomic E-state index is 0. The zero-order valence-electron chi connectivity index (χ0n) is 20.0. The van der Waals surface area contributed by atoms with Crippen LogP contribution < -0.4 is 25.6 Å². The number of anilines is 1. The Morgan fingerprint density at radius 3 is 2.61 bits per heavy atom. The SMILES string of the molecule is CCNC(=NCc1ccc(N2CCNC(=O)C2)cc1)NCc1ccc(C)cc1OC(C)C.I. The van der Waals surface area contributed by atoms with E-state index in [2.05, 4.69) is 77.2 Å². The molecular formula is C25H36IN5O2. The Morgan fingerprint density at radius 2 is 1.94 bits per heavy atom. The quantitative estimate of drug-likeness (QED) is 0.259. The number of ether oxygens (including phenoxy) is 1. The van der Waals surface area contributed by atoms with Crippen molar-refractivity contribution < 1.29 is 9.53 Å². The van der Waals surface area contributed by atoms with E-state index in [9.17, 15) is 4.79 Å². The Labute approximate surface area is 214 Å². The van der Waals surface area contributed by atoms with Gasteiger partial charge in [0.2, 0.25) is 5.91 Å². The molecule has 2 aromatic carbocycles. The first-order valence-corrected chi connectivity index (χ1v) is 11.3. The van der Waals surface area contributed by atoms with Gasteiger partial charge in [0.15, 0.2) is 5.96 Å². The number of piperazine rings is 1. The number of halogens is 1. The molecule has 7 nitrogen and oxygen atoms in total. The second kappa shape index (κ2) is 13.3. The minimum atomic E-state index is 0. The number of guanidine groups is 1. The maximum atomic E-state index is 11.6. The maximum Gasteiger partial charge on any atom is 0.239 e. The number of nitrogens with zero attached hydrogens (tertiary/aromatic N) is 2. The van der Waals surface area contributed by atoms with Gasteiger partial charge in [-0.25, -0.2) is 4.99 Å². The lowest BCUT2D eigenvalue weighted by Crippen LogP contribution is -2.47. The summed E-state index contributed by atoms with van der Waals surface area (Å²) in [7, 11) is 0. The molecule has 8 heteroatoms. The highest BCUT2D eigenvalue weighted by molar-refractivity contribution is 14.0. The largest absolute Gasteiger partial charge is 0.491 e. The molecule has 0 aliphatic carbocycles. The summed E-state index contributed by atoms with van der Waals surface area (Å²) < 4.78 is 5.99. The molecule has 0 atom stereocenters. The van der Waals surface area contributed by atoms with Gasteiger partial charge in [0.25, 0.3) is 0 Å². The van der Waals surface area contributed by atoms with Crippen LogP contribution in [-0.4, -0.2) is 44.1 Å². The first-order valence-electron chi connectivity index (χ1n) is 11.3. The third-order valence-corrected chi connectivity index (χ3v) is 5.14. The summed E-state index contributed by atoms with van der Waals surface area (Å²) in [5.74, 6) is 1.74. The molecule has 3 N–H and O–H groups in total. The van der Waals surface area contributed by atoms with Gasteiger partial charge in [-0.1, -0.05) is 24.3 Å². The Bertz CT molecular complexity index is 931. The number of nitrogens with one attached hydrogen (secondary N) is 3. The summed E-state index contributed by atoms with van der Waals surface area (Å²) >= 11 is 0. The van der Waals surface area contributed by atoms with Gasteiger partial charge in [-0.15, -0.1) is 24.0 Å². The molecular weight excluding hydrogens is 529 g/mol. The van der Waals surface area contributed by atoms with Crippen molar-refractivity contribution in [2.24, 2.45) is 4.99 Å². The number of benzene rings is 2. The van der Waals surface area contributed by atoms with Crippen molar-refractivity contribution in [2.45, 2.75) is 46.9 Å². The highest BCUT2D eigenvalue weighted by atomic mass is 127. The average Bonchev–Trinajstić information content (AvgIpc) is 2.76. The predicted octanol–water partition coefficient (Wildman–Crippen LogP) is 3.59. The first-order chi connectivity index (χ1) is 15.4. The Balaban J connectivity index is 0.00000385. The Hall–Kier alpha value is -2.49. The van der Waals surface area contributed by atoms with Gasteiger partial charge in [0.1, 0.15) is 5.75 Å². The summed E-state index contributed by atoms with van der Waals surface area (Å²) in [5, 5.41) is 9.58. The van der Waals surface area contributed by atoms with Crippen molar-refractivity contribution in [1.29, 1.82) is 0 Å². The number of aryl methyl sites for hydroxylation is 1. The van der Waals surface area contributed by atoms with Crippen molar-refractivity contribution in [1.82, 2.24) is 16.0 Å². The van der Waals surface area contributed by atoms with Crippen molar-refractivity contribution in [3.63, 3.8) is 0 Å². The molecule has 1 amide bonds. The van der Waals surface area contributed by atoms with Crippen LogP contribution in [0.25, 0.3) is 0 Å². The van der Waals surface area contributed by atoms with Gasteiger partial charge >= 0.3 is 0 Å². The molecule has 2 aromatic rings. The van der Waals surface area contributed by atoms with Crippen LogP contribution in [0.2, 0.25) is 0 Å². The van der Waals surface area contributed by atoms with Gasteiger partial charge in [-0.05, 0) is 57.0 Å². The van der Waals surface area contributed by atoms with Gasteiger partial charge in [-0.3, -0.25) is 4.79 Å². The lowest BCUT2D eigenvalue weighted by Gasteiger charge is -2.28. The Morgan fingerprint density at radius 1 is 1.18 bits per heavy atom.